The van der Waals surface area contributed by atoms with Gasteiger partial charge in [-0.25, -0.2) is 9.59 Å². The Morgan fingerprint density at radius 3 is 1.89 bits per heavy atom. The van der Waals surface area contributed by atoms with Crippen LogP contribution in [0.4, 0.5) is 4.79 Å². The molecule has 15 heteroatoms. The number of aliphatic carboxylic acids is 1. The number of rotatable bonds is 12. The molecule has 15 nitrogen and oxygen atoms in total. The highest BCUT2D eigenvalue weighted by Gasteiger charge is 2.51. The molecule has 1 saturated heterocycles. The van der Waals surface area contributed by atoms with Crippen LogP contribution < -0.4 is 10.6 Å². The number of carboxylic acids is 1. The summed E-state index contributed by atoms with van der Waals surface area (Å²) < 4.78 is 32.8. The summed E-state index contributed by atoms with van der Waals surface area (Å²) in [6, 6.07) is 12.5. The van der Waals surface area contributed by atoms with Gasteiger partial charge in [-0.15, -0.1) is 0 Å². The average molecular weight is 657 g/mol. The fourth-order valence-electron chi connectivity index (χ4n) is 5.58. The molecule has 1 heterocycles. The number of alkyl carbamates (subject to hydrolysis) is 1. The van der Waals surface area contributed by atoms with Crippen LogP contribution in [-0.2, 0) is 52.4 Å². The van der Waals surface area contributed by atoms with E-state index in [2.05, 4.69) is 10.6 Å². The predicted octanol–water partition coefficient (Wildman–Crippen LogP) is 1.65. The molecule has 3 N–H and O–H groups in total. The lowest BCUT2D eigenvalue weighted by atomic mass is 9.96. The van der Waals surface area contributed by atoms with Gasteiger partial charge >= 0.3 is 30.0 Å². The molecule has 2 aliphatic rings. The van der Waals surface area contributed by atoms with E-state index in [1.807, 2.05) is 48.5 Å². The zero-order valence-corrected chi connectivity index (χ0v) is 26.1. The molecule has 0 aromatic heterocycles. The van der Waals surface area contributed by atoms with Gasteiger partial charge in [0.25, 0.3) is 0 Å². The predicted molar refractivity (Wildman–Crippen MR) is 160 cm³/mol. The summed E-state index contributed by atoms with van der Waals surface area (Å²) in [5, 5.41) is 14.6. The Kier molecular flexibility index (Phi) is 11.5. The largest absolute Gasteiger partial charge is 0.480 e. The zero-order valence-electron chi connectivity index (χ0n) is 26.1. The minimum Gasteiger partial charge on any atom is -0.480 e. The average Bonchev–Trinajstić information content (AvgIpc) is 3.32. The molecular formula is C32H36N2O13. The van der Waals surface area contributed by atoms with E-state index in [1.54, 1.807) is 0 Å². The van der Waals surface area contributed by atoms with Gasteiger partial charge in [-0.2, -0.15) is 0 Å². The molecule has 0 bridgehead atoms. The first kappa shape index (κ1) is 34.8. The third-order valence-corrected chi connectivity index (χ3v) is 7.43. The van der Waals surface area contributed by atoms with Crippen LogP contribution >= 0.6 is 0 Å². The second kappa shape index (κ2) is 15.5. The topological polar surface area (TPSA) is 202 Å². The Balaban J connectivity index is 1.48. The molecule has 252 valence electrons. The van der Waals surface area contributed by atoms with Crippen molar-refractivity contribution in [2.45, 2.75) is 70.3 Å². The Bertz CT molecular complexity index is 1470. The normalized spacial score (nSPS) is 22.1. The molecule has 0 saturated carbocycles. The van der Waals surface area contributed by atoms with Crippen molar-refractivity contribution in [2.24, 2.45) is 0 Å². The Morgan fingerprint density at radius 1 is 0.787 bits per heavy atom. The summed E-state index contributed by atoms with van der Waals surface area (Å²) in [5.41, 5.74) is 3.97. The Labute approximate surface area is 269 Å². The number of fused-ring (bicyclic) bond motifs is 3. The lowest BCUT2D eigenvalue weighted by Gasteiger charge is -2.45. The number of carbonyl (C=O) groups is 6. The van der Waals surface area contributed by atoms with Crippen molar-refractivity contribution in [1.82, 2.24) is 10.6 Å². The zero-order chi connectivity index (χ0) is 34.2. The number of benzene rings is 2. The lowest BCUT2D eigenvalue weighted by Crippen LogP contribution is -2.67. The van der Waals surface area contributed by atoms with Crippen molar-refractivity contribution in [3.63, 3.8) is 0 Å². The molecule has 47 heavy (non-hydrogen) atoms. The highest BCUT2D eigenvalue weighted by molar-refractivity contribution is 5.81. The molecule has 2 aromatic rings. The standard InChI is InChI=1S/C32H36N2O13/c1-16(35)33-27-29(46-19(4)38)28(45-18(3)37)26(15-42-17(2)36)47-31(27)43-14-25(30(39)40)34-32(41)44-13-24-22-11-7-5-9-20(22)21-10-6-8-12-23(21)24/h5-12,24-29,31H,13-15H2,1-4H3,(H,33,35)(H,34,41)(H,39,40)/t25-,26-,27+,28+,29-,31-/m0/s1. The Morgan fingerprint density at radius 2 is 1.36 bits per heavy atom. The van der Waals surface area contributed by atoms with Gasteiger partial charge in [0.2, 0.25) is 5.91 Å². The first-order valence-electron chi connectivity index (χ1n) is 14.7. The van der Waals surface area contributed by atoms with Crippen LogP contribution in [-0.4, -0.2) is 97.5 Å². The molecular weight excluding hydrogens is 620 g/mol. The highest BCUT2D eigenvalue weighted by Crippen LogP contribution is 2.44. The van der Waals surface area contributed by atoms with Crippen molar-refractivity contribution in [2.75, 3.05) is 19.8 Å². The summed E-state index contributed by atoms with van der Waals surface area (Å²) >= 11 is 0. The molecule has 0 unspecified atom stereocenters. The number of carbonyl (C=O) groups excluding carboxylic acids is 5. The quantitative estimate of drug-likeness (QED) is 0.220. The molecule has 6 atom stereocenters. The van der Waals surface area contributed by atoms with Gasteiger partial charge in [0, 0.05) is 33.6 Å². The molecule has 0 radical (unpaired) electrons. The summed E-state index contributed by atoms with van der Waals surface area (Å²) in [5.74, 6) is -4.65. The van der Waals surface area contributed by atoms with Crippen molar-refractivity contribution >= 4 is 35.9 Å². The van der Waals surface area contributed by atoms with Crippen LogP contribution in [0.25, 0.3) is 11.1 Å². The van der Waals surface area contributed by atoms with E-state index in [4.69, 9.17) is 28.4 Å². The number of nitrogens with one attached hydrogen (secondary N) is 2. The summed E-state index contributed by atoms with van der Waals surface area (Å²) in [6.07, 6.45) is -6.58. The third-order valence-electron chi connectivity index (χ3n) is 7.43. The monoisotopic (exact) mass is 656 g/mol. The van der Waals surface area contributed by atoms with Gasteiger partial charge in [-0.3, -0.25) is 19.2 Å². The van der Waals surface area contributed by atoms with Crippen LogP contribution in [0.3, 0.4) is 0 Å². The van der Waals surface area contributed by atoms with E-state index in [0.717, 1.165) is 49.9 Å². The van der Waals surface area contributed by atoms with Crippen molar-refractivity contribution < 1.29 is 62.3 Å². The summed E-state index contributed by atoms with van der Waals surface area (Å²) in [4.78, 5) is 72.6. The van der Waals surface area contributed by atoms with Gasteiger partial charge in [-0.1, -0.05) is 48.5 Å². The minimum atomic E-state index is -1.66. The number of ether oxygens (including phenoxy) is 6. The first-order chi connectivity index (χ1) is 22.3. The highest BCUT2D eigenvalue weighted by atomic mass is 16.7. The smallest absolute Gasteiger partial charge is 0.407 e. The number of esters is 3. The molecule has 1 aliphatic carbocycles. The first-order valence-corrected chi connectivity index (χ1v) is 14.7. The van der Waals surface area contributed by atoms with Crippen LogP contribution in [0.2, 0.25) is 0 Å². The molecule has 1 fully saturated rings. The number of hydrogen-bond donors (Lipinski definition) is 3. The maximum absolute atomic E-state index is 12.8. The molecule has 0 spiro atoms. The van der Waals surface area contributed by atoms with Crippen molar-refractivity contribution in [3.8, 4) is 11.1 Å². The molecule has 2 aromatic carbocycles. The van der Waals surface area contributed by atoms with E-state index in [-0.39, 0.29) is 12.5 Å². The van der Waals surface area contributed by atoms with E-state index < -0.39 is 85.8 Å². The number of hydrogen-bond acceptors (Lipinski definition) is 12. The van der Waals surface area contributed by atoms with Gasteiger partial charge in [-0.05, 0) is 22.3 Å². The van der Waals surface area contributed by atoms with Crippen LogP contribution in [0.5, 0.6) is 0 Å². The van der Waals surface area contributed by atoms with Gasteiger partial charge in [0.1, 0.15) is 25.4 Å². The number of carboxylic acid groups (broad SMARTS) is 1. The second-order valence-corrected chi connectivity index (χ2v) is 10.9. The van der Waals surface area contributed by atoms with Crippen molar-refractivity contribution in [3.05, 3.63) is 59.7 Å². The fraction of sp³-hybridized carbons (Fsp3) is 0.438. The SMILES string of the molecule is CC(=O)N[C@H]1[C@@H](OC[C@H](NC(=O)OCC2c3ccccc3-c3ccccc32)C(=O)O)O[C@@H](COC(C)=O)[C@@H](OC(C)=O)[C@H]1OC(C)=O. The summed E-state index contributed by atoms with van der Waals surface area (Å²) in [6.45, 7) is 3.23. The number of amides is 2. The molecule has 2 amide bonds. The Hall–Kier alpha value is -5.02. The maximum Gasteiger partial charge on any atom is 0.407 e. The van der Waals surface area contributed by atoms with E-state index >= 15 is 0 Å². The minimum absolute atomic E-state index is 0.0666. The second-order valence-electron chi connectivity index (χ2n) is 10.9. The summed E-state index contributed by atoms with van der Waals surface area (Å²) in [7, 11) is 0. The van der Waals surface area contributed by atoms with Gasteiger partial charge < -0.3 is 44.2 Å². The molecule has 4 rings (SSSR count). The van der Waals surface area contributed by atoms with Gasteiger partial charge in [0.05, 0.1) is 6.61 Å². The molecule has 1 aliphatic heterocycles. The van der Waals surface area contributed by atoms with Crippen LogP contribution in [0, 0.1) is 0 Å². The van der Waals surface area contributed by atoms with Crippen LogP contribution in [0.1, 0.15) is 44.7 Å². The third kappa shape index (κ3) is 8.83. The van der Waals surface area contributed by atoms with E-state index in [1.165, 1.54) is 0 Å². The van der Waals surface area contributed by atoms with Crippen molar-refractivity contribution in [1.29, 1.82) is 0 Å². The maximum atomic E-state index is 12.8. The lowest BCUT2D eigenvalue weighted by molar-refractivity contribution is -0.278. The van der Waals surface area contributed by atoms with Gasteiger partial charge in [0.15, 0.2) is 24.5 Å². The van der Waals surface area contributed by atoms with E-state index in [0.29, 0.717) is 0 Å². The fourth-order valence-corrected chi connectivity index (χ4v) is 5.58. The van der Waals surface area contributed by atoms with Crippen LogP contribution in [0.15, 0.2) is 48.5 Å². The van der Waals surface area contributed by atoms with E-state index in [9.17, 15) is 33.9 Å².